The maximum Gasteiger partial charge on any atom is 0.244 e. The predicted molar refractivity (Wildman–Crippen MR) is 131 cm³/mol. The molecule has 1 aromatic heterocycles. The number of fused-ring (bicyclic) bond motifs is 1. The van der Waals surface area contributed by atoms with Crippen LogP contribution in [0.4, 0.5) is 0 Å². The van der Waals surface area contributed by atoms with Crippen molar-refractivity contribution in [2.75, 3.05) is 32.8 Å². The fourth-order valence-corrected chi connectivity index (χ4v) is 4.67. The molecule has 2 N–H and O–H groups in total. The Morgan fingerprint density at radius 2 is 1.52 bits per heavy atom. The number of amides is 1. The summed E-state index contributed by atoms with van der Waals surface area (Å²) in [5.41, 5.74) is 4.56. The van der Waals surface area contributed by atoms with Crippen LogP contribution in [-0.2, 0) is 9.53 Å². The third-order valence-electron chi connectivity index (χ3n) is 6.43. The molecule has 0 saturated carbocycles. The molecule has 2 heterocycles. The SMILES string of the molecule is O=C([C@@H](NC[C@@H](c1ccccc1)c1c[nH]c2ccccc12)c1ccccc1)N1CCOCC1. The van der Waals surface area contributed by atoms with E-state index in [1.165, 1.54) is 16.5 Å². The van der Waals surface area contributed by atoms with E-state index in [0.717, 1.165) is 11.1 Å². The van der Waals surface area contributed by atoms with Gasteiger partial charge in [-0.3, -0.25) is 4.79 Å². The molecular formula is C28H29N3O2. The van der Waals surface area contributed by atoms with Crippen molar-refractivity contribution in [3.8, 4) is 0 Å². The van der Waals surface area contributed by atoms with Crippen LogP contribution in [0.25, 0.3) is 10.9 Å². The number of ether oxygens (including phenoxy) is 1. The zero-order valence-corrected chi connectivity index (χ0v) is 18.6. The van der Waals surface area contributed by atoms with E-state index in [2.05, 4.69) is 59.0 Å². The monoisotopic (exact) mass is 439 g/mol. The van der Waals surface area contributed by atoms with Crippen LogP contribution in [0, 0.1) is 0 Å². The van der Waals surface area contributed by atoms with Crippen LogP contribution in [-0.4, -0.2) is 48.6 Å². The Labute approximate surface area is 194 Å². The summed E-state index contributed by atoms with van der Waals surface area (Å²) >= 11 is 0. The molecule has 1 aliphatic heterocycles. The van der Waals surface area contributed by atoms with E-state index in [0.29, 0.717) is 32.8 Å². The Morgan fingerprint density at radius 3 is 2.24 bits per heavy atom. The Bertz CT molecular complexity index is 1180. The summed E-state index contributed by atoms with van der Waals surface area (Å²) in [6.45, 7) is 3.09. The second-order valence-electron chi connectivity index (χ2n) is 8.44. The highest BCUT2D eigenvalue weighted by Crippen LogP contribution is 2.31. The number of morpholine rings is 1. The van der Waals surface area contributed by atoms with E-state index in [1.54, 1.807) is 0 Å². The molecule has 0 bridgehead atoms. The Kier molecular flexibility index (Phi) is 6.51. The van der Waals surface area contributed by atoms with Crippen LogP contribution in [0.15, 0.2) is 91.1 Å². The zero-order chi connectivity index (χ0) is 22.5. The van der Waals surface area contributed by atoms with Gasteiger partial charge in [0.15, 0.2) is 0 Å². The summed E-state index contributed by atoms with van der Waals surface area (Å²) in [6.07, 6.45) is 2.10. The molecule has 168 valence electrons. The second-order valence-corrected chi connectivity index (χ2v) is 8.44. The maximum absolute atomic E-state index is 13.5. The molecule has 3 aromatic carbocycles. The van der Waals surface area contributed by atoms with Gasteiger partial charge in [0, 0.05) is 42.7 Å². The number of nitrogens with one attached hydrogen (secondary N) is 2. The van der Waals surface area contributed by atoms with Gasteiger partial charge in [0.2, 0.25) is 5.91 Å². The number of carbonyl (C=O) groups is 1. The van der Waals surface area contributed by atoms with Crippen molar-refractivity contribution in [3.63, 3.8) is 0 Å². The number of hydrogen-bond acceptors (Lipinski definition) is 3. The predicted octanol–water partition coefficient (Wildman–Crippen LogP) is 4.49. The lowest BCUT2D eigenvalue weighted by Gasteiger charge is -2.32. The highest BCUT2D eigenvalue weighted by Gasteiger charge is 2.28. The summed E-state index contributed by atoms with van der Waals surface area (Å²) in [4.78, 5) is 18.9. The van der Waals surface area contributed by atoms with Crippen molar-refractivity contribution in [2.45, 2.75) is 12.0 Å². The molecule has 0 radical (unpaired) electrons. The molecule has 4 aromatic rings. The maximum atomic E-state index is 13.5. The third kappa shape index (κ3) is 4.70. The van der Waals surface area contributed by atoms with Gasteiger partial charge in [-0.1, -0.05) is 78.9 Å². The molecule has 1 fully saturated rings. The van der Waals surface area contributed by atoms with E-state index in [9.17, 15) is 4.79 Å². The number of aromatic amines is 1. The minimum atomic E-state index is -0.402. The van der Waals surface area contributed by atoms with Gasteiger partial charge in [0.25, 0.3) is 0 Å². The highest BCUT2D eigenvalue weighted by molar-refractivity contribution is 5.85. The van der Waals surface area contributed by atoms with Crippen molar-refractivity contribution in [2.24, 2.45) is 0 Å². The summed E-state index contributed by atoms with van der Waals surface area (Å²) in [7, 11) is 0. The number of hydrogen-bond donors (Lipinski definition) is 2. The highest BCUT2D eigenvalue weighted by atomic mass is 16.5. The lowest BCUT2D eigenvalue weighted by atomic mass is 9.90. The van der Waals surface area contributed by atoms with Gasteiger partial charge in [-0.05, 0) is 22.8 Å². The van der Waals surface area contributed by atoms with Crippen LogP contribution in [0.1, 0.15) is 28.7 Å². The fourth-order valence-electron chi connectivity index (χ4n) is 4.67. The number of carbonyl (C=O) groups excluding carboxylic acids is 1. The van der Waals surface area contributed by atoms with Crippen molar-refractivity contribution in [1.29, 1.82) is 0 Å². The molecule has 0 spiro atoms. The van der Waals surface area contributed by atoms with Crippen LogP contribution < -0.4 is 5.32 Å². The van der Waals surface area contributed by atoms with Crippen molar-refractivity contribution in [1.82, 2.24) is 15.2 Å². The second kappa shape index (κ2) is 10.0. The molecular weight excluding hydrogens is 410 g/mol. The minimum absolute atomic E-state index is 0.103. The van der Waals surface area contributed by atoms with Crippen LogP contribution >= 0.6 is 0 Å². The van der Waals surface area contributed by atoms with Gasteiger partial charge in [-0.2, -0.15) is 0 Å². The third-order valence-corrected chi connectivity index (χ3v) is 6.43. The lowest BCUT2D eigenvalue weighted by Crippen LogP contribution is -2.47. The first-order valence-electron chi connectivity index (χ1n) is 11.6. The number of para-hydroxylation sites is 1. The van der Waals surface area contributed by atoms with E-state index in [-0.39, 0.29) is 11.8 Å². The molecule has 1 amide bonds. The van der Waals surface area contributed by atoms with Crippen LogP contribution in [0.2, 0.25) is 0 Å². The van der Waals surface area contributed by atoms with Gasteiger partial charge in [-0.15, -0.1) is 0 Å². The number of H-pyrrole nitrogens is 1. The molecule has 2 atom stereocenters. The zero-order valence-electron chi connectivity index (χ0n) is 18.6. The minimum Gasteiger partial charge on any atom is -0.378 e. The Balaban J connectivity index is 1.46. The average molecular weight is 440 g/mol. The summed E-state index contributed by atoms with van der Waals surface area (Å²) in [5.74, 6) is 0.210. The standard InChI is InChI=1S/C28H29N3O2/c32-28(31-15-17-33-18-16-31)27(22-11-5-2-6-12-22)30-19-24(21-9-3-1-4-10-21)25-20-29-26-14-8-7-13-23(25)26/h1-14,20,24,27,29-30H,15-19H2/t24-,27-/m0/s1. The van der Waals surface area contributed by atoms with Gasteiger partial charge in [0.1, 0.15) is 6.04 Å². The smallest absolute Gasteiger partial charge is 0.244 e. The Morgan fingerprint density at radius 1 is 0.879 bits per heavy atom. The molecule has 33 heavy (non-hydrogen) atoms. The molecule has 1 saturated heterocycles. The van der Waals surface area contributed by atoms with Crippen molar-refractivity contribution in [3.05, 3.63) is 108 Å². The number of rotatable bonds is 7. The van der Waals surface area contributed by atoms with Gasteiger partial charge < -0.3 is 19.9 Å². The van der Waals surface area contributed by atoms with Crippen LogP contribution in [0.5, 0.6) is 0 Å². The van der Waals surface area contributed by atoms with E-state index >= 15 is 0 Å². The normalized spacial score (nSPS) is 15.9. The number of benzene rings is 3. The molecule has 5 rings (SSSR count). The first-order chi connectivity index (χ1) is 16.3. The summed E-state index contributed by atoms with van der Waals surface area (Å²) in [5, 5.41) is 4.85. The van der Waals surface area contributed by atoms with Crippen LogP contribution in [0.3, 0.4) is 0 Å². The molecule has 0 aliphatic carbocycles. The molecule has 5 heteroatoms. The largest absolute Gasteiger partial charge is 0.378 e. The van der Waals surface area contributed by atoms with Crippen molar-refractivity contribution >= 4 is 16.8 Å². The molecule has 0 unspecified atom stereocenters. The van der Waals surface area contributed by atoms with Gasteiger partial charge >= 0.3 is 0 Å². The number of aromatic nitrogens is 1. The average Bonchev–Trinajstić information content (AvgIpc) is 3.32. The lowest BCUT2D eigenvalue weighted by molar-refractivity contribution is -0.137. The van der Waals surface area contributed by atoms with E-state index in [4.69, 9.17) is 4.74 Å². The first kappa shape index (κ1) is 21.4. The summed E-state index contributed by atoms with van der Waals surface area (Å²) in [6, 6.07) is 28.5. The topological polar surface area (TPSA) is 57.4 Å². The first-order valence-corrected chi connectivity index (χ1v) is 11.6. The Hall–Kier alpha value is -3.41. The van der Waals surface area contributed by atoms with E-state index in [1.807, 2.05) is 47.4 Å². The number of nitrogens with zero attached hydrogens (tertiary/aromatic N) is 1. The fraction of sp³-hybridized carbons (Fsp3) is 0.250. The summed E-state index contributed by atoms with van der Waals surface area (Å²) < 4.78 is 5.46. The quantitative estimate of drug-likeness (QED) is 0.446. The molecule has 5 nitrogen and oxygen atoms in total. The molecule has 1 aliphatic rings. The van der Waals surface area contributed by atoms with Crippen molar-refractivity contribution < 1.29 is 9.53 Å². The van der Waals surface area contributed by atoms with Gasteiger partial charge in [0.05, 0.1) is 13.2 Å². The van der Waals surface area contributed by atoms with E-state index < -0.39 is 6.04 Å². The van der Waals surface area contributed by atoms with Gasteiger partial charge in [-0.25, -0.2) is 0 Å².